The van der Waals surface area contributed by atoms with Crippen LogP contribution in [0.3, 0.4) is 0 Å². The standard InChI is InChI=1S/C12H21NO2S2/c1-10(2)9-17(14,15)8-6-13-11(3)12-5-4-7-16-12/h4-5,7,10-11,13H,6,8-9H2,1-3H3. The van der Waals surface area contributed by atoms with Crippen molar-refractivity contribution in [1.82, 2.24) is 5.32 Å². The average Bonchev–Trinajstić information content (AvgIpc) is 2.67. The maximum absolute atomic E-state index is 11.7. The zero-order valence-corrected chi connectivity index (χ0v) is 12.3. The molecule has 0 radical (unpaired) electrons. The van der Waals surface area contributed by atoms with Gasteiger partial charge in [-0.1, -0.05) is 19.9 Å². The van der Waals surface area contributed by atoms with Gasteiger partial charge >= 0.3 is 0 Å². The van der Waals surface area contributed by atoms with E-state index in [1.54, 1.807) is 11.3 Å². The van der Waals surface area contributed by atoms with Crippen LogP contribution in [-0.4, -0.2) is 26.5 Å². The first kappa shape index (κ1) is 14.7. The Balaban J connectivity index is 2.33. The van der Waals surface area contributed by atoms with Crippen LogP contribution in [-0.2, 0) is 9.84 Å². The number of rotatable bonds is 7. The maximum atomic E-state index is 11.7. The van der Waals surface area contributed by atoms with E-state index in [1.165, 1.54) is 4.88 Å². The summed E-state index contributed by atoms with van der Waals surface area (Å²) in [5.74, 6) is 0.706. The predicted octanol–water partition coefficient (Wildman–Crippen LogP) is 2.47. The summed E-state index contributed by atoms with van der Waals surface area (Å²) in [7, 11) is -2.90. The van der Waals surface area contributed by atoms with Crippen molar-refractivity contribution < 1.29 is 8.42 Å². The molecule has 17 heavy (non-hydrogen) atoms. The molecule has 1 N–H and O–H groups in total. The molecule has 3 nitrogen and oxygen atoms in total. The molecule has 5 heteroatoms. The van der Waals surface area contributed by atoms with Gasteiger partial charge in [0.05, 0.1) is 11.5 Å². The van der Waals surface area contributed by atoms with Gasteiger partial charge in [0.2, 0.25) is 0 Å². The molecule has 0 aliphatic heterocycles. The summed E-state index contributed by atoms with van der Waals surface area (Å²) < 4.78 is 23.3. The molecule has 0 aromatic carbocycles. The first-order valence-electron chi connectivity index (χ1n) is 5.88. The van der Waals surface area contributed by atoms with E-state index in [1.807, 2.05) is 25.3 Å². The van der Waals surface area contributed by atoms with Crippen molar-refractivity contribution in [3.05, 3.63) is 22.4 Å². The van der Waals surface area contributed by atoms with Crippen LogP contribution in [0.2, 0.25) is 0 Å². The van der Waals surface area contributed by atoms with Gasteiger partial charge in [-0.15, -0.1) is 11.3 Å². The molecule has 1 unspecified atom stereocenters. The van der Waals surface area contributed by atoms with Crippen molar-refractivity contribution in [2.75, 3.05) is 18.1 Å². The number of thiophene rings is 1. The van der Waals surface area contributed by atoms with E-state index in [4.69, 9.17) is 0 Å². The van der Waals surface area contributed by atoms with Crippen LogP contribution in [0.15, 0.2) is 17.5 Å². The number of nitrogens with one attached hydrogen (secondary N) is 1. The van der Waals surface area contributed by atoms with Crippen LogP contribution in [0.4, 0.5) is 0 Å². The van der Waals surface area contributed by atoms with Crippen molar-refractivity contribution in [3.8, 4) is 0 Å². The van der Waals surface area contributed by atoms with E-state index in [0.717, 1.165) is 0 Å². The molecule has 0 saturated heterocycles. The highest BCUT2D eigenvalue weighted by Crippen LogP contribution is 2.17. The number of sulfone groups is 1. The highest BCUT2D eigenvalue weighted by atomic mass is 32.2. The largest absolute Gasteiger partial charge is 0.308 e. The van der Waals surface area contributed by atoms with E-state index < -0.39 is 9.84 Å². The minimum atomic E-state index is -2.90. The van der Waals surface area contributed by atoms with Gasteiger partial charge < -0.3 is 5.32 Å². The van der Waals surface area contributed by atoms with E-state index in [9.17, 15) is 8.42 Å². The molecule has 0 bridgehead atoms. The lowest BCUT2D eigenvalue weighted by Crippen LogP contribution is -2.27. The third-order valence-electron chi connectivity index (χ3n) is 2.42. The fraction of sp³-hybridized carbons (Fsp3) is 0.667. The second kappa shape index (κ2) is 6.52. The highest BCUT2D eigenvalue weighted by molar-refractivity contribution is 7.91. The minimum absolute atomic E-state index is 0.203. The Bertz CT molecular complexity index is 410. The monoisotopic (exact) mass is 275 g/mol. The summed E-state index contributed by atoms with van der Waals surface area (Å²) in [6.07, 6.45) is 0. The zero-order chi connectivity index (χ0) is 12.9. The van der Waals surface area contributed by atoms with Crippen molar-refractivity contribution >= 4 is 21.2 Å². The molecule has 1 aromatic heterocycles. The second-order valence-electron chi connectivity index (χ2n) is 4.70. The molecule has 0 aliphatic rings. The number of hydrogen-bond acceptors (Lipinski definition) is 4. The molecule has 0 spiro atoms. The lowest BCUT2D eigenvalue weighted by atomic mass is 10.3. The predicted molar refractivity (Wildman–Crippen MR) is 74.2 cm³/mol. The molecule has 0 saturated carbocycles. The zero-order valence-electron chi connectivity index (χ0n) is 10.6. The van der Waals surface area contributed by atoms with Gasteiger partial charge in [-0.05, 0) is 24.3 Å². The van der Waals surface area contributed by atoms with Crippen molar-refractivity contribution in [1.29, 1.82) is 0 Å². The van der Waals surface area contributed by atoms with Crippen molar-refractivity contribution in [3.63, 3.8) is 0 Å². The molecule has 0 amide bonds. The fourth-order valence-electron chi connectivity index (χ4n) is 1.66. The third-order valence-corrected chi connectivity index (χ3v) is 5.48. The topological polar surface area (TPSA) is 46.2 Å². The van der Waals surface area contributed by atoms with Crippen LogP contribution in [0.5, 0.6) is 0 Å². The van der Waals surface area contributed by atoms with Gasteiger partial charge in [0.1, 0.15) is 0 Å². The van der Waals surface area contributed by atoms with Gasteiger partial charge in [0.15, 0.2) is 9.84 Å². The fourth-order valence-corrected chi connectivity index (χ4v) is 4.03. The van der Waals surface area contributed by atoms with Gasteiger partial charge in [0.25, 0.3) is 0 Å². The Morgan fingerprint density at radius 2 is 2.06 bits per heavy atom. The Labute approximate surface area is 108 Å². The van der Waals surface area contributed by atoms with E-state index >= 15 is 0 Å². The Morgan fingerprint density at radius 1 is 1.35 bits per heavy atom. The van der Waals surface area contributed by atoms with Crippen LogP contribution < -0.4 is 5.32 Å². The third kappa shape index (κ3) is 5.66. The Hall–Kier alpha value is -0.390. The van der Waals surface area contributed by atoms with Crippen LogP contribution in [0, 0.1) is 5.92 Å². The van der Waals surface area contributed by atoms with Gasteiger partial charge in [-0.3, -0.25) is 0 Å². The number of hydrogen-bond donors (Lipinski definition) is 1. The molecule has 1 rings (SSSR count). The van der Waals surface area contributed by atoms with E-state index in [2.05, 4.69) is 18.3 Å². The van der Waals surface area contributed by atoms with E-state index in [0.29, 0.717) is 6.54 Å². The van der Waals surface area contributed by atoms with Crippen LogP contribution in [0.25, 0.3) is 0 Å². The summed E-state index contributed by atoms with van der Waals surface area (Å²) in [5.41, 5.74) is 0. The van der Waals surface area contributed by atoms with Crippen molar-refractivity contribution in [2.24, 2.45) is 5.92 Å². The Kier molecular flexibility index (Phi) is 5.62. The van der Waals surface area contributed by atoms with Crippen LogP contribution >= 0.6 is 11.3 Å². The normalized spacial score (nSPS) is 14.1. The summed E-state index contributed by atoms with van der Waals surface area (Å²) in [6, 6.07) is 4.29. The molecule has 0 aliphatic carbocycles. The molecule has 1 atom stereocenters. The quantitative estimate of drug-likeness (QED) is 0.831. The molecular formula is C12H21NO2S2. The lowest BCUT2D eigenvalue weighted by molar-refractivity contribution is 0.566. The molecule has 1 heterocycles. The second-order valence-corrected chi connectivity index (χ2v) is 7.91. The molecule has 98 valence electrons. The average molecular weight is 275 g/mol. The molecule has 1 aromatic rings. The smallest absolute Gasteiger partial charge is 0.151 e. The summed E-state index contributed by atoms with van der Waals surface area (Å²) in [5, 5.41) is 5.28. The lowest BCUT2D eigenvalue weighted by Gasteiger charge is -2.12. The van der Waals surface area contributed by atoms with Crippen LogP contribution in [0.1, 0.15) is 31.7 Å². The summed E-state index contributed by atoms with van der Waals surface area (Å²) >= 11 is 1.69. The summed E-state index contributed by atoms with van der Waals surface area (Å²) in [4.78, 5) is 1.24. The first-order valence-corrected chi connectivity index (χ1v) is 8.58. The van der Waals surface area contributed by atoms with E-state index in [-0.39, 0.29) is 23.5 Å². The minimum Gasteiger partial charge on any atom is -0.308 e. The molecular weight excluding hydrogens is 254 g/mol. The van der Waals surface area contributed by atoms with Gasteiger partial charge in [-0.25, -0.2) is 8.42 Å². The molecule has 0 fully saturated rings. The summed E-state index contributed by atoms with van der Waals surface area (Å²) in [6.45, 7) is 6.44. The van der Waals surface area contributed by atoms with Crippen molar-refractivity contribution in [2.45, 2.75) is 26.8 Å². The Morgan fingerprint density at radius 3 is 2.59 bits per heavy atom. The highest BCUT2D eigenvalue weighted by Gasteiger charge is 2.13. The van der Waals surface area contributed by atoms with Gasteiger partial charge in [0, 0.05) is 17.5 Å². The SMILES string of the molecule is CC(C)CS(=O)(=O)CCNC(C)c1cccs1. The first-order chi connectivity index (χ1) is 7.91. The maximum Gasteiger partial charge on any atom is 0.151 e. The van der Waals surface area contributed by atoms with Gasteiger partial charge in [-0.2, -0.15) is 0 Å².